The number of nitrogens with zero attached hydrogens (tertiary/aromatic N) is 1. The van der Waals surface area contributed by atoms with Crippen molar-refractivity contribution in [3.05, 3.63) is 35.9 Å². The van der Waals surface area contributed by atoms with Crippen molar-refractivity contribution in [3.63, 3.8) is 0 Å². The normalized spacial score (nSPS) is 17.7. The minimum atomic E-state index is 0.0729. The van der Waals surface area contributed by atoms with Gasteiger partial charge >= 0.3 is 0 Å². The molecule has 0 spiro atoms. The summed E-state index contributed by atoms with van der Waals surface area (Å²) in [5, 5.41) is 3.12. The molecule has 0 aliphatic heterocycles. The molecule has 1 unspecified atom stereocenters. The van der Waals surface area contributed by atoms with Crippen molar-refractivity contribution in [1.29, 1.82) is 0 Å². The van der Waals surface area contributed by atoms with E-state index in [0.717, 1.165) is 12.1 Å². The molecular weight excluding hydrogens is 260 g/mol. The smallest absolute Gasteiger partial charge is 0.234 e. The molecule has 1 aliphatic rings. The molecule has 116 valence electrons. The minimum absolute atomic E-state index is 0.0729. The zero-order valence-electron chi connectivity index (χ0n) is 13.3. The molecule has 1 aromatic rings. The molecule has 1 atom stereocenters. The molecule has 1 aliphatic carbocycles. The fourth-order valence-electron chi connectivity index (χ4n) is 3.24. The van der Waals surface area contributed by atoms with Crippen LogP contribution in [0.1, 0.15) is 57.6 Å². The molecule has 1 fully saturated rings. The second-order valence-electron chi connectivity index (χ2n) is 6.05. The first-order valence-corrected chi connectivity index (χ1v) is 8.29. The first-order valence-electron chi connectivity index (χ1n) is 8.29. The number of likely N-dealkylation sites (N-methyl/N-ethyl adjacent to an activating group) is 1. The van der Waals surface area contributed by atoms with Gasteiger partial charge in [-0.25, -0.2) is 0 Å². The van der Waals surface area contributed by atoms with E-state index in [9.17, 15) is 4.79 Å². The van der Waals surface area contributed by atoms with E-state index >= 15 is 0 Å². The lowest BCUT2D eigenvalue weighted by molar-refractivity contribution is -0.123. The van der Waals surface area contributed by atoms with Crippen molar-refractivity contribution in [2.75, 3.05) is 13.1 Å². The highest BCUT2D eigenvalue weighted by Crippen LogP contribution is 2.22. The summed E-state index contributed by atoms with van der Waals surface area (Å²) in [7, 11) is 0. The highest BCUT2D eigenvalue weighted by atomic mass is 16.2. The third-order valence-electron chi connectivity index (χ3n) is 4.52. The largest absolute Gasteiger partial charge is 0.348 e. The van der Waals surface area contributed by atoms with E-state index in [-0.39, 0.29) is 11.9 Å². The van der Waals surface area contributed by atoms with Crippen LogP contribution in [0.4, 0.5) is 0 Å². The van der Waals surface area contributed by atoms with Gasteiger partial charge in [0.25, 0.3) is 0 Å². The Morgan fingerprint density at radius 2 is 1.90 bits per heavy atom. The van der Waals surface area contributed by atoms with Crippen LogP contribution in [0.3, 0.4) is 0 Å². The van der Waals surface area contributed by atoms with Crippen LogP contribution in [0.15, 0.2) is 30.3 Å². The molecule has 1 amide bonds. The summed E-state index contributed by atoms with van der Waals surface area (Å²) in [6, 6.07) is 10.8. The van der Waals surface area contributed by atoms with E-state index in [1.54, 1.807) is 0 Å². The molecule has 0 heterocycles. The van der Waals surface area contributed by atoms with Gasteiger partial charge in [0.1, 0.15) is 0 Å². The third-order valence-corrected chi connectivity index (χ3v) is 4.52. The van der Waals surface area contributed by atoms with Gasteiger partial charge < -0.3 is 5.32 Å². The first-order chi connectivity index (χ1) is 10.2. The molecule has 0 aromatic heterocycles. The van der Waals surface area contributed by atoms with Crippen molar-refractivity contribution in [3.8, 4) is 0 Å². The highest BCUT2D eigenvalue weighted by molar-refractivity contribution is 5.78. The maximum atomic E-state index is 12.3. The Morgan fingerprint density at radius 3 is 2.52 bits per heavy atom. The van der Waals surface area contributed by atoms with Gasteiger partial charge in [-0.1, -0.05) is 56.5 Å². The van der Waals surface area contributed by atoms with Gasteiger partial charge in [0.2, 0.25) is 5.91 Å². The molecule has 0 bridgehead atoms. The molecule has 2 rings (SSSR count). The van der Waals surface area contributed by atoms with E-state index in [1.807, 2.05) is 25.1 Å². The Kier molecular flexibility index (Phi) is 6.24. The summed E-state index contributed by atoms with van der Waals surface area (Å²) in [5.41, 5.74) is 1.16. The van der Waals surface area contributed by atoms with Crippen LogP contribution in [0, 0.1) is 0 Å². The summed E-state index contributed by atoms with van der Waals surface area (Å²) >= 11 is 0. The van der Waals surface area contributed by atoms with E-state index < -0.39 is 0 Å². The summed E-state index contributed by atoms with van der Waals surface area (Å²) in [6.45, 7) is 5.68. The molecule has 3 heteroatoms. The predicted octanol–water partition coefficient (Wildman–Crippen LogP) is 3.52. The van der Waals surface area contributed by atoms with E-state index in [0.29, 0.717) is 12.6 Å². The topological polar surface area (TPSA) is 32.3 Å². The van der Waals surface area contributed by atoms with Crippen molar-refractivity contribution in [2.45, 2.75) is 58.0 Å². The molecule has 1 N–H and O–H groups in total. The summed E-state index contributed by atoms with van der Waals surface area (Å²) in [5.74, 6) is 0.138. The van der Waals surface area contributed by atoms with Crippen LogP contribution < -0.4 is 5.32 Å². The fourth-order valence-corrected chi connectivity index (χ4v) is 3.24. The Labute approximate surface area is 128 Å². The third kappa shape index (κ3) is 4.85. The lowest BCUT2D eigenvalue weighted by Crippen LogP contribution is -2.44. The summed E-state index contributed by atoms with van der Waals surface area (Å²) < 4.78 is 0. The van der Waals surface area contributed by atoms with Crippen LogP contribution in [-0.4, -0.2) is 29.9 Å². The second kappa shape index (κ2) is 8.18. The number of carbonyl (C=O) groups is 1. The summed E-state index contributed by atoms with van der Waals surface area (Å²) in [4.78, 5) is 14.6. The fraction of sp³-hybridized carbons (Fsp3) is 0.611. The highest BCUT2D eigenvalue weighted by Gasteiger charge is 2.22. The van der Waals surface area contributed by atoms with E-state index in [1.165, 1.54) is 32.1 Å². The number of hydrogen-bond acceptors (Lipinski definition) is 2. The zero-order chi connectivity index (χ0) is 15.1. The van der Waals surface area contributed by atoms with Gasteiger partial charge in [-0.2, -0.15) is 0 Å². The minimum Gasteiger partial charge on any atom is -0.348 e. The monoisotopic (exact) mass is 288 g/mol. The van der Waals surface area contributed by atoms with Gasteiger partial charge in [-0.3, -0.25) is 9.69 Å². The van der Waals surface area contributed by atoms with Crippen molar-refractivity contribution >= 4 is 5.91 Å². The zero-order valence-corrected chi connectivity index (χ0v) is 13.3. The molecule has 1 aromatic carbocycles. The van der Waals surface area contributed by atoms with Crippen LogP contribution >= 0.6 is 0 Å². The lowest BCUT2D eigenvalue weighted by atomic mass is 9.94. The second-order valence-corrected chi connectivity index (χ2v) is 6.05. The van der Waals surface area contributed by atoms with E-state index in [2.05, 4.69) is 29.3 Å². The maximum Gasteiger partial charge on any atom is 0.234 e. The molecule has 3 nitrogen and oxygen atoms in total. The molecular formula is C18H28N2O. The standard InChI is InChI=1S/C18H28N2O/c1-3-20(17-12-8-5-9-13-17)14-18(21)19-15(2)16-10-6-4-7-11-16/h4,6-7,10-11,15,17H,3,5,8-9,12-14H2,1-2H3,(H,19,21). The number of nitrogens with one attached hydrogen (secondary N) is 1. The lowest BCUT2D eigenvalue weighted by Gasteiger charge is -2.33. The van der Waals surface area contributed by atoms with Gasteiger partial charge in [-0.05, 0) is 31.9 Å². The first kappa shape index (κ1) is 16.0. The maximum absolute atomic E-state index is 12.3. The van der Waals surface area contributed by atoms with Crippen LogP contribution in [0.2, 0.25) is 0 Å². The Balaban J connectivity index is 1.84. The van der Waals surface area contributed by atoms with Crippen LogP contribution in [-0.2, 0) is 4.79 Å². The molecule has 0 radical (unpaired) electrons. The van der Waals surface area contributed by atoms with Crippen molar-refractivity contribution in [1.82, 2.24) is 10.2 Å². The van der Waals surface area contributed by atoms with Crippen molar-refractivity contribution in [2.24, 2.45) is 0 Å². The predicted molar refractivity (Wildman–Crippen MR) is 87.1 cm³/mol. The van der Waals surface area contributed by atoms with Crippen molar-refractivity contribution < 1.29 is 4.79 Å². The number of carbonyl (C=O) groups excluding carboxylic acids is 1. The van der Waals surface area contributed by atoms with Gasteiger partial charge in [-0.15, -0.1) is 0 Å². The number of hydrogen-bond donors (Lipinski definition) is 1. The molecule has 1 saturated carbocycles. The molecule has 21 heavy (non-hydrogen) atoms. The Bertz CT molecular complexity index is 426. The van der Waals surface area contributed by atoms with Gasteiger partial charge in [0.15, 0.2) is 0 Å². The Morgan fingerprint density at radius 1 is 1.24 bits per heavy atom. The molecule has 0 saturated heterocycles. The number of benzene rings is 1. The van der Waals surface area contributed by atoms with Crippen LogP contribution in [0.25, 0.3) is 0 Å². The summed E-state index contributed by atoms with van der Waals surface area (Å²) in [6.07, 6.45) is 6.46. The quantitative estimate of drug-likeness (QED) is 0.868. The van der Waals surface area contributed by atoms with E-state index in [4.69, 9.17) is 0 Å². The van der Waals surface area contributed by atoms with Gasteiger partial charge in [0.05, 0.1) is 12.6 Å². The average Bonchev–Trinajstić information content (AvgIpc) is 2.54. The van der Waals surface area contributed by atoms with Crippen LogP contribution in [0.5, 0.6) is 0 Å². The van der Waals surface area contributed by atoms with Gasteiger partial charge in [0, 0.05) is 6.04 Å². The SMILES string of the molecule is CCN(CC(=O)NC(C)c1ccccc1)C1CCCCC1. The number of rotatable bonds is 6. The number of amides is 1. The average molecular weight is 288 g/mol. The Hall–Kier alpha value is -1.35.